The third-order valence-corrected chi connectivity index (χ3v) is 9.48. The van der Waals surface area contributed by atoms with Crippen LogP contribution in [0.2, 0.25) is 10.0 Å². The molecule has 3 heterocycles. The van der Waals surface area contributed by atoms with Crippen LogP contribution in [0.5, 0.6) is 5.75 Å². The van der Waals surface area contributed by atoms with Gasteiger partial charge in [-0.3, -0.25) is 14.4 Å². The zero-order chi connectivity index (χ0) is 30.6. The Morgan fingerprint density at radius 1 is 0.932 bits per heavy atom. The third kappa shape index (κ3) is 4.20. The number of nitrogens with one attached hydrogen (secondary N) is 1. The maximum Gasteiger partial charge on any atom is 0.238 e. The lowest BCUT2D eigenvalue weighted by atomic mass is 9.62. The van der Waals surface area contributed by atoms with Crippen LogP contribution in [0.25, 0.3) is 6.08 Å². The highest BCUT2D eigenvalue weighted by Crippen LogP contribution is 2.62. The lowest BCUT2D eigenvalue weighted by Gasteiger charge is -2.38. The maximum atomic E-state index is 15.0. The Balaban J connectivity index is 1.48. The van der Waals surface area contributed by atoms with Crippen LogP contribution in [-0.2, 0) is 10.2 Å². The van der Waals surface area contributed by atoms with Crippen LogP contribution in [-0.4, -0.2) is 35.0 Å². The Hall–Kier alpha value is -4.39. The van der Waals surface area contributed by atoms with E-state index in [1.165, 1.54) is 6.07 Å². The van der Waals surface area contributed by atoms with Crippen molar-refractivity contribution in [2.75, 3.05) is 11.9 Å². The third-order valence-electron chi connectivity index (χ3n) is 8.93. The van der Waals surface area contributed by atoms with Gasteiger partial charge in [-0.25, -0.2) is 0 Å². The molecule has 4 aromatic carbocycles. The molecule has 1 spiro atoms. The summed E-state index contributed by atoms with van der Waals surface area (Å²) in [5.74, 6) is -1.46. The van der Waals surface area contributed by atoms with Gasteiger partial charge in [-0.2, -0.15) is 0 Å². The number of amides is 1. The van der Waals surface area contributed by atoms with Crippen LogP contribution in [0, 0.1) is 5.92 Å². The number of anilines is 1. The molecular formula is C36H28Cl2N2O4. The molecule has 6 nitrogen and oxygen atoms in total. The summed E-state index contributed by atoms with van der Waals surface area (Å²) in [7, 11) is 0. The molecule has 4 atom stereocenters. The van der Waals surface area contributed by atoms with Gasteiger partial charge in [0, 0.05) is 28.0 Å². The minimum absolute atomic E-state index is 0.182. The molecule has 3 aliphatic heterocycles. The number of para-hydroxylation sites is 1. The van der Waals surface area contributed by atoms with Crippen molar-refractivity contribution in [1.29, 1.82) is 0 Å². The summed E-state index contributed by atoms with van der Waals surface area (Å²) in [6.07, 6.45) is 4.61. The van der Waals surface area contributed by atoms with E-state index in [0.29, 0.717) is 34.2 Å². The van der Waals surface area contributed by atoms with Crippen LogP contribution in [0.3, 0.4) is 0 Å². The average Bonchev–Trinajstić information content (AvgIpc) is 3.51. The van der Waals surface area contributed by atoms with Gasteiger partial charge >= 0.3 is 0 Å². The first kappa shape index (κ1) is 28.4. The standard InChI is InChI=1S/C36H28Cl2N2O4/c1-2-19-44-24-14-11-22(12-15-24)32(41)30-31(33(42)26-16-13-23(37)20-28(26)38)40-18-17-21-7-3-4-8-25(21)34(40)36(30)27-9-5-6-10-29(27)39-35(36)43/h3-18,20,30-31,34H,2,19H2,1H3,(H,39,43)/t30-,31+,34+,36-/m0/s1. The molecule has 44 heavy (non-hydrogen) atoms. The van der Waals surface area contributed by atoms with Crippen LogP contribution >= 0.6 is 23.2 Å². The number of hydrogen-bond donors (Lipinski definition) is 1. The summed E-state index contributed by atoms with van der Waals surface area (Å²) in [6.45, 7) is 2.57. The zero-order valence-electron chi connectivity index (χ0n) is 23.8. The lowest BCUT2D eigenvalue weighted by molar-refractivity contribution is -0.122. The maximum absolute atomic E-state index is 15.0. The van der Waals surface area contributed by atoms with E-state index in [1.807, 2.05) is 72.6 Å². The van der Waals surface area contributed by atoms with E-state index in [0.717, 1.165) is 17.5 Å². The quantitative estimate of drug-likeness (QED) is 0.213. The van der Waals surface area contributed by atoms with E-state index in [1.54, 1.807) is 36.4 Å². The van der Waals surface area contributed by atoms with Crippen LogP contribution in [0.4, 0.5) is 5.69 Å². The second kappa shape index (κ2) is 11.0. The van der Waals surface area contributed by atoms with Gasteiger partial charge in [0.05, 0.1) is 23.6 Å². The number of carbonyl (C=O) groups excluding carboxylic acids is 3. The predicted octanol–water partition coefficient (Wildman–Crippen LogP) is 7.76. The molecular weight excluding hydrogens is 595 g/mol. The molecule has 0 unspecified atom stereocenters. The molecule has 1 amide bonds. The van der Waals surface area contributed by atoms with Crippen molar-refractivity contribution < 1.29 is 19.1 Å². The number of Topliss-reactive ketones (excluding diaryl/α,β-unsaturated/α-hetero) is 2. The van der Waals surface area contributed by atoms with Crippen molar-refractivity contribution >= 4 is 52.4 Å². The van der Waals surface area contributed by atoms with Gasteiger partial charge < -0.3 is 15.0 Å². The van der Waals surface area contributed by atoms with E-state index in [4.69, 9.17) is 27.9 Å². The SMILES string of the molecule is CCCOc1ccc(C(=O)[C@@H]2[C@H](C(=O)c3ccc(Cl)cc3Cl)N3C=Cc4ccccc4[C@@H]3[C@@]23C(=O)Nc2ccccc23)cc1. The van der Waals surface area contributed by atoms with Gasteiger partial charge in [0.2, 0.25) is 5.91 Å². The smallest absolute Gasteiger partial charge is 0.238 e. The average molecular weight is 624 g/mol. The van der Waals surface area contributed by atoms with E-state index < -0.39 is 23.4 Å². The van der Waals surface area contributed by atoms with Gasteiger partial charge in [0.25, 0.3) is 0 Å². The zero-order valence-corrected chi connectivity index (χ0v) is 25.3. The molecule has 1 saturated heterocycles. The largest absolute Gasteiger partial charge is 0.494 e. The second-order valence-corrected chi connectivity index (χ2v) is 12.2. The Bertz CT molecular complexity index is 1850. The Kier molecular flexibility index (Phi) is 7.07. The first-order chi connectivity index (χ1) is 21.4. The topological polar surface area (TPSA) is 75.7 Å². The molecule has 7 rings (SSSR count). The van der Waals surface area contributed by atoms with Crippen LogP contribution < -0.4 is 10.1 Å². The Labute approximate surface area is 265 Å². The van der Waals surface area contributed by atoms with Crippen molar-refractivity contribution in [1.82, 2.24) is 4.90 Å². The highest BCUT2D eigenvalue weighted by atomic mass is 35.5. The fourth-order valence-corrected chi connectivity index (χ4v) is 7.63. The number of halogens is 2. The minimum Gasteiger partial charge on any atom is -0.494 e. The first-order valence-electron chi connectivity index (χ1n) is 14.6. The Morgan fingerprint density at radius 2 is 1.68 bits per heavy atom. The van der Waals surface area contributed by atoms with Crippen molar-refractivity contribution in [3.63, 3.8) is 0 Å². The highest BCUT2D eigenvalue weighted by molar-refractivity contribution is 6.37. The fourth-order valence-electron chi connectivity index (χ4n) is 7.13. The monoisotopic (exact) mass is 622 g/mol. The number of rotatable bonds is 7. The number of ether oxygens (including phenoxy) is 1. The molecule has 0 saturated carbocycles. The van der Waals surface area contributed by atoms with E-state index in [2.05, 4.69) is 5.32 Å². The van der Waals surface area contributed by atoms with Crippen molar-refractivity contribution in [3.8, 4) is 5.75 Å². The summed E-state index contributed by atoms with van der Waals surface area (Å²) >= 11 is 12.8. The van der Waals surface area contributed by atoms with Crippen LogP contribution in [0.1, 0.15) is 56.8 Å². The lowest BCUT2D eigenvalue weighted by Crippen LogP contribution is -2.49. The predicted molar refractivity (Wildman–Crippen MR) is 171 cm³/mol. The van der Waals surface area contributed by atoms with Crippen molar-refractivity contribution in [2.24, 2.45) is 5.92 Å². The number of hydrogen-bond acceptors (Lipinski definition) is 5. The normalized spacial score (nSPS) is 22.8. The van der Waals surface area contributed by atoms with Gasteiger partial charge in [-0.05, 0) is 77.7 Å². The van der Waals surface area contributed by atoms with Crippen molar-refractivity contribution in [3.05, 3.63) is 135 Å². The van der Waals surface area contributed by atoms with Gasteiger partial charge in [-0.1, -0.05) is 72.6 Å². The molecule has 220 valence electrons. The molecule has 0 bridgehead atoms. The number of benzene rings is 4. The summed E-state index contributed by atoms with van der Waals surface area (Å²) in [5.41, 5.74) is 2.29. The summed E-state index contributed by atoms with van der Waals surface area (Å²) in [4.78, 5) is 46.1. The molecule has 0 radical (unpaired) electrons. The minimum atomic E-state index is -1.43. The molecule has 3 aliphatic rings. The molecule has 0 aromatic heterocycles. The van der Waals surface area contributed by atoms with Gasteiger partial charge in [0.1, 0.15) is 17.2 Å². The first-order valence-corrected chi connectivity index (χ1v) is 15.3. The summed E-state index contributed by atoms with van der Waals surface area (Å²) in [6, 6.07) is 25.2. The van der Waals surface area contributed by atoms with E-state index >= 15 is 0 Å². The molecule has 8 heteroatoms. The number of ketones is 2. The summed E-state index contributed by atoms with van der Waals surface area (Å²) in [5, 5.41) is 3.64. The molecule has 0 aliphatic carbocycles. The van der Waals surface area contributed by atoms with Gasteiger partial charge in [-0.15, -0.1) is 0 Å². The second-order valence-electron chi connectivity index (χ2n) is 11.3. The number of carbonyl (C=O) groups is 3. The van der Waals surface area contributed by atoms with Crippen molar-refractivity contribution in [2.45, 2.75) is 30.8 Å². The van der Waals surface area contributed by atoms with Gasteiger partial charge in [0.15, 0.2) is 11.6 Å². The Morgan fingerprint density at radius 3 is 2.45 bits per heavy atom. The molecule has 1 N–H and O–H groups in total. The van der Waals surface area contributed by atoms with Crippen LogP contribution in [0.15, 0.2) is 97.2 Å². The highest BCUT2D eigenvalue weighted by Gasteiger charge is 2.70. The molecule has 1 fully saturated rings. The summed E-state index contributed by atoms with van der Waals surface area (Å²) < 4.78 is 5.76. The molecule has 4 aromatic rings. The number of nitrogens with zero attached hydrogens (tertiary/aromatic N) is 1. The fraction of sp³-hybridized carbons (Fsp3) is 0.194. The van der Waals surface area contributed by atoms with E-state index in [9.17, 15) is 14.4 Å². The number of fused-ring (bicyclic) bond motifs is 6. The van der Waals surface area contributed by atoms with E-state index in [-0.39, 0.29) is 28.1 Å².